The second-order valence-corrected chi connectivity index (χ2v) is 5.84. The molecule has 2 amide bonds. The van der Waals surface area contributed by atoms with Gasteiger partial charge in [0.15, 0.2) is 0 Å². The predicted molar refractivity (Wildman–Crippen MR) is 88.4 cm³/mol. The van der Waals surface area contributed by atoms with Crippen LogP contribution in [0.2, 0.25) is 0 Å². The van der Waals surface area contributed by atoms with E-state index in [0.717, 1.165) is 12.1 Å². The van der Waals surface area contributed by atoms with Gasteiger partial charge in [-0.3, -0.25) is 0 Å². The monoisotopic (exact) mass is 319 g/mol. The van der Waals surface area contributed by atoms with Gasteiger partial charge in [-0.15, -0.1) is 0 Å². The molecule has 23 heavy (non-hydrogen) atoms. The Balaban J connectivity index is 1.85. The molecular formula is C17H25N3O3. The number of urea groups is 1. The summed E-state index contributed by atoms with van der Waals surface area (Å²) in [6.45, 7) is 3.76. The van der Waals surface area contributed by atoms with Gasteiger partial charge < -0.3 is 20.6 Å². The fraction of sp³-hybridized carbons (Fsp3) is 0.529. The minimum atomic E-state index is -1.02. The minimum Gasteiger partial charge on any atom is -0.480 e. The molecule has 1 unspecified atom stereocenters. The number of hydrogen-bond donors (Lipinski definition) is 3. The smallest absolute Gasteiger partial charge is 0.326 e. The third-order valence-electron chi connectivity index (χ3n) is 3.94. The molecule has 1 saturated carbocycles. The van der Waals surface area contributed by atoms with Crippen LogP contribution in [-0.2, 0) is 11.2 Å². The molecule has 1 aliphatic carbocycles. The number of aliphatic carboxylic acids is 1. The summed E-state index contributed by atoms with van der Waals surface area (Å²) in [6.07, 6.45) is 2.69. The van der Waals surface area contributed by atoms with Crippen LogP contribution in [-0.4, -0.2) is 53.7 Å². The lowest BCUT2D eigenvalue weighted by Gasteiger charge is -2.24. The molecule has 0 heterocycles. The number of hydrogen-bond acceptors (Lipinski definition) is 3. The molecule has 6 heteroatoms. The van der Waals surface area contributed by atoms with Crippen molar-refractivity contribution in [2.75, 3.05) is 19.6 Å². The van der Waals surface area contributed by atoms with Crippen molar-refractivity contribution in [3.63, 3.8) is 0 Å². The summed E-state index contributed by atoms with van der Waals surface area (Å²) >= 11 is 0. The largest absolute Gasteiger partial charge is 0.480 e. The maximum atomic E-state index is 12.3. The van der Waals surface area contributed by atoms with E-state index in [0.29, 0.717) is 19.1 Å². The van der Waals surface area contributed by atoms with Crippen LogP contribution in [0.5, 0.6) is 0 Å². The first-order chi connectivity index (χ1) is 11.1. The fourth-order valence-electron chi connectivity index (χ4n) is 2.38. The number of amides is 2. The molecule has 6 nitrogen and oxygen atoms in total. The summed E-state index contributed by atoms with van der Waals surface area (Å²) in [6, 6.07) is 8.67. The Labute approximate surface area is 136 Å². The zero-order chi connectivity index (χ0) is 16.7. The molecule has 1 aromatic rings. The minimum absolute atomic E-state index is 0.278. The van der Waals surface area contributed by atoms with Gasteiger partial charge in [0.25, 0.3) is 0 Å². The molecule has 0 radical (unpaired) electrons. The van der Waals surface area contributed by atoms with E-state index < -0.39 is 12.0 Å². The van der Waals surface area contributed by atoms with Gasteiger partial charge in [-0.25, -0.2) is 9.59 Å². The first-order valence-corrected chi connectivity index (χ1v) is 8.15. The number of carboxylic acid groups (broad SMARTS) is 1. The van der Waals surface area contributed by atoms with Crippen LogP contribution < -0.4 is 10.6 Å². The molecule has 1 atom stereocenters. The van der Waals surface area contributed by atoms with Crippen molar-refractivity contribution in [2.45, 2.75) is 38.3 Å². The highest BCUT2D eigenvalue weighted by atomic mass is 16.4. The third kappa shape index (κ3) is 5.90. The number of nitrogens with zero attached hydrogens (tertiary/aromatic N) is 1. The van der Waals surface area contributed by atoms with Crippen LogP contribution >= 0.6 is 0 Å². The Hall–Kier alpha value is -2.08. The van der Waals surface area contributed by atoms with Crippen molar-refractivity contribution in [3.8, 4) is 0 Å². The molecule has 1 aliphatic rings. The molecule has 0 bridgehead atoms. The van der Waals surface area contributed by atoms with Crippen LogP contribution in [0.15, 0.2) is 30.3 Å². The number of nitrogens with one attached hydrogen (secondary N) is 2. The number of likely N-dealkylation sites (N-methyl/N-ethyl adjacent to an activating group) is 1. The zero-order valence-corrected chi connectivity index (χ0v) is 13.5. The molecule has 0 aromatic heterocycles. The summed E-state index contributed by atoms with van der Waals surface area (Å²) in [7, 11) is 0. The number of carbonyl (C=O) groups is 2. The molecule has 1 fully saturated rings. The number of carboxylic acids is 1. The average Bonchev–Trinajstić information content (AvgIpc) is 3.36. The lowest BCUT2D eigenvalue weighted by molar-refractivity contribution is -0.139. The second-order valence-electron chi connectivity index (χ2n) is 5.84. The van der Waals surface area contributed by atoms with Gasteiger partial charge in [0.05, 0.1) is 0 Å². The van der Waals surface area contributed by atoms with Crippen LogP contribution in [0, 0.1) is 0 Å². The Morgan fingerprint density at radius 1 is 1.30 bits per heavy atom. The van der Waals surface area contributed by atoms with E-state index in [1.165, 1.54) is 12.8 Å². The Morgan fingerprint density at radius 2 is 2.00 bits per heavy atom. The van der Waals surface area contributed by atoms with E-state index in [2.05, 4.69) is 10.6 Å². The van der Waals surface area contributed by atoms with Gasteiger partial charge in [0.1, 0.15) is 6.04 Å². The summed E-state index contributed by atoms with van der Waals surface area (Å²) in [5, 5.41) is 15.3. The first kappa shape index (κ1) is 17.3. The summed E-state index contributed by atoms with van der Waals surface area (Å²) in [4.78, 5) is 25.3. The second kappa shape index (κ2) is 8.53. The van der Waals surface area contributed by atoms with E-state index in [4.69, 9.17) is 0 Å². The zero-order valence-electron chi connectivity index (χ0n) is 13.5. The summed E-state index contributed by atoms with van der Waals surface area (Å²) in [5.41, 5.74) is 0.888. The van der Waals surface area contributed by atoms with Gasteiger partial charge in [-0.2, -0.15) is 0 Å². The van der Waals surface area contributed by atoms with Crippen LogP contribution in [0.25, 0.3) is 0 Å². The first-order valence-electron chi connectivity index (χ1n) is 8.15. The SMILES string of the molecule is CCN(CCNC1CC1)C(=O)NC(Cc1ccccc1)C(=O)O. The van der Waals surface area contributed by atoms with Gasteiger partial charge in [-0.05, 0) is 25.3 Å². The molecule has 0 spiro atoms. The van der Waals surface area contributed by atoms with Gasteiger partial charge in [0.2, 0.25) is 0 Å². The van der Waals surface area contributed by atoms with Crippen molar-refractivity contribution in [1.29, 1.82) is 0 Å². The summed E-state index contributed by atoms with van der Waals surface area (Å²) < 4.78 is 0. The number of benzene rings is 1. The van der Waals surface area contributed by atoms with E-state index in [1.54, 1.807) is 4.90 Å². The third-order valence-corrected chi connectivity index (χ3v) is 3.94. The van der Waals surface area contributed by atoms with Crippen LogP contribution in [0.4, 0.5) is 4.79 Å². The van der Waals surface area contributed by atoms with Gasteiger partial charge >= 0.3 is 12.0 Å². The van der Waals surface area contributed by atoms with Crippen molar-refractivity contribution in [3.05, 3.63) is 35.9 Å². The quantitative estimate of drug-likeness (QED) is 0.644. The molecule has 3 N–H and O–H groups in total. The van der Waals surface area contributed by atoms with Crippen molar-refractivity contribution in [2.24, 2.45) is 0 Å². The Morgan fingerprint density at radius 3 is 2.57 bits per heavy atom. The van der Waals surface area contributed by atoms with Gasteiger partial charge in [-0.1, -0.05) is 30.3 Å². The van der Waals surface area contributed by atoms with E-state index >= 15 is 0 Å². The fourth-order valence-corrected chi connectivity index (χ4v) is 2.38. The maximum absolute atomic E-state index is 12.3. The standard InChI is InChI=1S/C17H25N3O3/c1-2-20(11-10-18-14-8-9-14)17(23)19-15(16(21)22)12-13-6-4-3-5-7-13/h3-7,14-15,18H,2,8-12H2,1H3,(H,19,23)(H,21,22). The lowest BCUT2D eigenvalue weighted by atomic mass is 10.1. The normalized spacial score (nSPS) is 15.0. The van der Waals surface area contributed by atoms with Crippen molar-refractivity contribution >= 4 is 12.0 Å². The number of carbonyl (C=O) groups excluding carboxylic acids is 1. The predicted octanol–water partition coefficient (Wildman–Crippen LogP) is 1.47. The molecule has 0 aliphatic heterocycles. The van der Waals surface area contributed by atoms with E-state index in [-0.39, 0.29) is 12.5 Å². The lowest BCUT2D eigenvalue weighted by Crippen LogP contribution is -2.50. The van der Waals surface area contributed by atoms with Crippen molar-refractivity contribution < 1.29 is 14.7 Å². The van der Waals surface area contributed by atoms with Crippen LogP contribution in [0.3, 0.4) is 0 Å². The highest BCUT2D eigenvalue weighted by molar-refractivity contribution is 5.82. The topological polar surface area (TPSA) is 81.7 Å². The molecule has 126 valence electrons. The van der Waals surface area contributed by atoms with Gasteiger partial charge in [0, 0.05) is 32.1 Å². The molecule has 2 rings (SSSR count). The molecular weight excluding hydrogens is 294 g/mol. The van der Waals surface area contributed by atoms with Crippen molar-refractivity contribution in [1.82, 2.24) is 15.5 Å². The number of rotatable bonds is 9. The maximum Gasteiger partial charge on any atom is 0.326 e. The Bertz CT molecular complexity index is 517. The highest BCUT2D eigenvalue weighted by Crippen LogP contribution is 2.18. The highest BCUT2D eigenvalue weighted by Gasteiger charge is 2.24. The van der Waals surface area contributed by atoms with Crippen LogP contribution in [0.1, 0.15) is 25.3 Å². The van der Waals surface area contributed by atoms with E-state index in [1.807, 2.05) is 37.3 Å². The summed E-state index contributed by atoms with van der Waals surface area (Å²) in [5.74, 6) is -1.02. The van der Waals surface area contributed by atoms with E-state index in [9.17, 15) is 14.7 Å². The molecule has 0 saturated heterocycles. The molecule has 1 aromatic carbocycles. The average molecular weight is 319 g/mol. The Kier molecular flexibility index (Phi) is 6.40.